The molecule has 1 amide bonds. The molecular formula is C20H16ClN3O2S3. The number of anilines is 1. The Hall–Kier alpha value is -2.00. The van der Waals surface area contributed by atoms with Crippen molar-refractivity contribution in [1.82, 2.24) is 10.2 Å². The van der Waals surface area contributed by atoms with E-state index in [0.29, 0.717) is 22.5 Å². The van der Waals surface area contributed by atoms with Gasteiger partial charge in [0.15, 0.2) is 10.1 Å². The van der Waals surface area contributed by atoms with Crippen molar-refractivity contribution >= 4 is 62.4 Å². The number of nitrogens with one attached hydrogen (secondary N) is 1. The van der Waals surface area contributed by atoms with Crippen LogP contribution in [0.4, 0.5) is 5.13 Å². The van der Waals surface area contributed by atoms with Crippen LogP contribution in [0.3, 0.4) is 0 Å². The van der Waals surface area contributed by atoms with Crippen molar-refractivity contribution in [2.45, 2.75) is 10.1 Å². The number of nitrogens with zero attached hydrogens (tertiary/aromatic N) is 2. The fourth-order valence-electron chi connectivity index (χ4n) is 2.59. The average Bonchev–Trinajstić information content (AvgIpc) is 3.21. The third-order valence-electron chi connectivity index (χ3n) is 3.93. The molecule has 9 heteroatoms. The number of aromatic nitrogens is 2. The molecule has 0 saturated heterocycles. The standard InChI is InChI=1S/C20H16ClN3O2S3/c21-15-8-6-13(7-9-15)12-28-20-24-23-19(29-20)22-18(25)16-17(27-11-10-26-16)14-4-2-1-3-5-14/h1-9H,10-12H2,(H,22,23,25). The van der Waals surface area contributed by atoms with E-state index >= 15 is 0 Å². The predicted molar refractivity (Wildman–Crippen MR) is 121 cm³/mol. The molecule has 0 saturated carbocycles. The number of ether oxygens (including phenoxy) is 1. The van der Waals surface area contributed by atoms with E-state index in [4.69, 9.17) is 16.3 Å². The number of rotatable bonds is 6. The van der Waals surface area contributed by atoms with Crippen molar-refractivity contribution in [3.8, 4) is 0 Å². The van der Waals surface area contributed by atoms with Crippen LogP contribution in [-0.2, 0) is 15.3 Å². The first kappa shape index (κ1) is 20.3. The lowest BCUT2D eigenvalue weighted by molar-refractivity contribution is -0.115. The predicted octanol–water partition coefficient (Wildman–Crippen LogP) is 5.55. The smallest absolute Gasteiger partial charge is 0.293 e. The molecule has 0 aliphatic carbocycles. The molecule has 4 rings (SSSR count). The zero-order valence-electron chi connectivity index (χ0n) is 15.1. The van der Waals surface area contributed by atoms with Crippen molar-refractivity contribution in [2.24, 2.45) is 0 Å². The maximum Gasteiger partial charge on any atom is 0.293 e. The molecule has 2 aromatic carbocycles. The highest BCUT2D eigenvalue weighted by atomic mass is 35.5. The fourth-order valence-corrected chi connectivity index (χ4v) is 5.37. The number of benzene rings is 2. The number of hydrogen-bond acceptors (Lipinski definition) is 7. The molecule has 0 bridgehead atoms. The molecule has 0 unspecified atom stereocenters. The second kappa shape index (κ2) is 9.67. The molecule has 2 heterocycles. The summed E-state index contributed by atoms with van der Waals surface area (Å²) in [6, 6.07) is 17.5. The van der Waals surface area contributed by atoms with Crippen LogP contribution in [0, 0.1) is 0 Å². The van der Waals surface area contributed by atoms with Gasteiger partial charge in [-0.2, -0.15) is 0 Å². The average molecular weight is 462 g/mol. The molecule has 5 nitrogen and oxygen atoms in total. The van der Waals surface area contributed by atoms with E-state index in [9.17, 15) is 4.79 Å². The summed E-state index contributed by atoms with van der Waals surface area (Å²) in [5.74, 6) is 1.59. The summed E-state index contributed by atoms with van der Waals surface area (Å²) in [5, 5.41) is 12.2. The minimum Gasteiger partial charge on any atom is -0.486 e. The summed E-state index contributed by atoms with van der Waals surface area (Å²) in [7, 11) is 0. The molecule has 0 radical (unpaired) electrons. The minimum atomic E-state index is -0.304. The first-order valence-electron chi connectivity index (χ1n) is 8.76. The highest BCUT2D eigenvalue weighted by Gasteiger charge is 2.24. The van der Waals surface area contributed by atoms with Gasteiger partial charge in [-0.3, -0.25) is 10.1 Å². The van der Waals surface area contributed by atoms with Gasteiger partial charge < -0.3 is 4.74 Å². The van der Waals surface area contributed by atoms with E-state index in [2.05, 4.69) is 15.5 Å². The van der Waals surface area contributed by atoms with Gasteiger partial charge in [0.1, 0.15) is 0 Å². The monoisotopic (exact) mass is 461 g/mol. The second-order valence-corrected chi connectivity index (χ2v) is 9.71. The fraction of sp³-hybridized carbons (Fsp3) is 0.150. The van der Waals surface area contributed by atoms with Crippen LogP contribution in [0.15, 0.2) is 64.7 Å². The van der Waals surface area contributed by atoms with E-state index in [0.717, 1.165) is 31.9 Å². The Balaban J connectivity index is 1.43. The summed E-state index contributed by atoms with van der Waals surface area (Å²) in [4.78, 5) is 13.6. The van der Waals surface area contributed by atoms with Gasteiger partial charge >= 0.3 is 0 Å². The van der Waals surface area contributed by atoms with Gasteiger partial charge in [-0.15, -0.1) is 22.0 Å². The van der Waals surface area contributed by atoms with E-state index in [1.165, 1.54) is 11.3 Å². The maximum atomic E-state index is 12.8. The molecule has 148 valence electrons. The Labute approximate surface area is 185 Å². The number of thioether (sulfide) groups is 2. The van der Waals surface area contributed by atoms with Crippen molar-refractivity contribution in [3.63, 3.8) is 0 Å². The molecule has 0 spiro atoms. The topological polar surface area (TPSA) is 64.1 Å². The van der Waals surface area contributed by atoms with Crippen LogP contribution in [0.2, 0.25) is 5.02 Å². The van der Waals surface area contributed by atoms with Crippen molar-refractivity contribution in [2.75, 3.05) is 17.7 Å². The summed E-state index contributed by atoms with van der Waals surface area (Å²) >= 11 is 10.4. The third kappa shape index (κ3) is 5.33. The normalized spacial score (nSPS) is 13.8. The highest BCUT2D eigenvalue weighted by Crippen LogP contribution is 2.35. The minimum absolute atomic E-state index is 0.304. The number of halogens is 1. The largest absolute Gasteiger partial charge is 0.486 e. The van der Waals surface area contributed by atoms with E-state index in [1.54, 1.807) is 23.5 Å². The lowest BCUT2D eigenvalue weighted by atomic mass is 10.2. The summed E-state index contributed by atoms with van der Waals surface area (Å²) in [6.45, 7) is 0.502. The highest BCUT2D eigenvalue weighted by molar-refractivity contribution is 8.08. The van der Waals surface area contributed by atoms with Gasteiger partial charge in [0.2, 0.25) is 5.13 Å². The molecule has 0 fully saturated rings. The van der Waals surface area contributed by atoms with Crippen molar-refractivity contribution < 1.29 is 9.53 Å². The molecule has 1 aliphatic heterocycles. The zero-order valence-corrected chi connectivity index (χ0v) is 18.3. The summed E-state index contributed by atoms with van der Waals surface area (Å²) in [5.41, 5.74) is 2.12. The SMILES string of the molecule is O=C(Nc1nnc(SCc2ccc(Cl)cc2)s1)C1=C(c2ccccc2)SCCO1. The molecule has 1 aromatic heterocycles. The third-order valence-corrected chi connectivity index (χ3v) is 7.30. The van der Waals surface area contributed by atoms with Gasteiger partial charge in [0.05, 0.1) is 11.5 Å². The number of amides is 1. The number of hydrogen-bond donors (Lipinski definition) is 1. The van der Waals surface area contributed by atoms with Crippen LogP contribution in [0.1, 0.15) is 11.1 Å². The second-order valence-electron chi connectivity index (χ2n) is 5.96. The Bertz CT molecular complexity index is 1020. The Kier molecular flexibility index (Phi) is 6.76. The lowest BCUT2D eigenvalue weighted by Gasteiger charge is -2.20. The van der Waals surface area contributed by atoms with Crippen LogP contribution >= 0.6 is 46.5 Å². The zero-order chi connectivity index (χ0) is 20.1. The van der Waals surface area contributed by atoms with Crippen molar-refractivity contribution in [1.29, 1.82) is 0 Å². The molecule has 29 heavy (non-hydrogen) atoms. The first-order valence-corrected chi connectivity index (χ1v) is 11.9. The van der Waals surface area contributed by atoms with Crippen LogP contribution < -0.4 is 5.32 Å². The van der Waals surface area contributed by atoms with Crippen molar-refractivity contribution in [3.05, 3.63) is 76.5 Å². The van der Waals surface area contributed by atoms with E-state index in [-0.39, 0.29) is 5.91 Å². The molecule has 1 N–H and O–H groups in total. The molecule has 3 aromatic rings. The molecular weight excluding hydrogens is 446 g/mol. The summed E-state index contributed by atoms with van der Waals surface area (Å²) in [6.07, 6.45) is 0. The van der Waals surface area contributed by atoms with Crippen LogP contribution in [0.5, 0.6) is 0 Å². The van der Waals surface area contributed by atoms with Crippen LogP contribution in [-0.4, -0.2) is 28.5 Å². The maximum absolute atomic E-state index is 12.8. The van der Waals surface area contributed by atoms with Gasteiger partial charge in [0, 0.05) is 16.5 Å². The Morgan fingerprint density at radius 1 is 1.14 bits per heavy atom. The van der Waals surface area contributed by atoms with Crippen LogP contribution in [0.25, 0.3) is 4.91 Å². The summed E-state index contributed by atoms with van der Waals surface area (Å²) < 4.78 is 6.47. The van der Waals surface area contributed by atoms with Gasteiger partial charge in [0.25, 0.3) is 5.91 Å². The van der Waals surface area contributed by atoms with Gasteiger partial charge in [-0.05, 0) is 23.3 Å². The Morgan fingerprint density at radius 2 is 1.93 bits per heavy atom. The van der Waals surface area contributed by atoms with Gasteiger partial charge in [-0.25, -0.2) is 0 Å². The molecule has 1 aliphatic rings. The number of carbonyl (C=O) groups is 1. The quantitative estimate of drug-likeness (QED) is 0.383. The van der Waals surface area contributed by atoms with E-state index < -0.39 is 0 Å². The van der Waals surface area contributed by atoms with E-state index in [1.807, 2.05) is 54.6 Å². The lowest BCUT2D eigenvalue weighted by Crippen LogP contribution is -2.21. The Morgan fingerprint density at radius 3 is 2.72 bits per heavy atom. The van der Waals surface area contributed by atoms with Gasteiger partial charge in [-0.1, -0.05) is 77.2 Å². The molecule has 0 atom stereocenters. The number of carbonyl (C=O) groups excluding carboxylic acids is 1. The first-order chi connectivity index (χ1) is 14.2.